The zero-order chi connectivity index (χ0) is 23.3. The fourth-order valence-electron chi connectivity index (χ4n) is 3.65. The van der Waals surface area contributed by atoms with E-state index in [0.717, 1.165) is 32.8 Å². The average molecular weight is 449 g/mol. The summed E-state index contributed by atoms with van der Waals surface area (Å²) in [6.07, 6.45) is 5.20. The zero-order valence-electron chi connectivity index (χ0n) is 18.7. The highest BCUT2D eigenvalue weighted by Crippen LogP contribution is 2.29. The molecule has 3 aromatic rings. The Hall–Kier alpha value is -2.88. The molecule has 0 aliphatic rings. The number of aryl methyl sites for hydroxylation is 2. The van der Waals surface area contributed by atoms with Crippen LogP contribution in [0.15, 0.2) is 60.7 Å². The molecule has 0 aliphatic carbocycles. The van der Waals surface area contributed by atoms with Crippen LogP contribution in [0.1, 0.15) is 41.2 Å². The van der Waals surface area contributed by atoms with E-state index in [-0.39, 0.29) is 6.61 Å². The van der Waals surface area contributed by atoms with Crippen LogP contribution in [0.5, 0.6) is 0 Å². The van der Waals surface area contributed by atoms with Crippen LogP contribution in [0.3, 0.4) is 0 Å². The van der Waals surface area contributed by atoms with Gasteiger partial charge in [0.25, 0.3) is 0 Å². The molecule has 166 valence electrons. The first-order chi connectivity index (χ1) is 15.2. The van der Waals surface area contributed by atoms with E-state index >= 15 is 0 Å². The Bertz CT molecular complexity index is 1130. The summed E-state index contributed by atoms with van der Waals surface area (Å²) in [5, 5.41) is 19.6. The molecule has 0 fully saturated rings. The van der Waals surface area contributed by atoms with Gasteiger partial charge in [-0.05, 0) is 84.7 Å². The molecular weight excluding hydrogens is 420 g/mol. The van der Waals surface area contributed by atoms with Crippen molar-refractivity contribution in [1.82, 2.24) is 0 Å². The van der Waals surface area contributed by atoms with Crippen LogP contribution in [-0.4, -0.2) is 22.8 Å². The van der Waals surface area contributed by atoms with E-state index in [9.17, 15) is 15.0 Å². The highest BCUT2D eigenvalue weighted by Gasteiger charge is 2.31. The Kier molecular flexibility index (Phi) is 7.55. The van der Waals surface area contributed by atoms with Gasteiger partial charge in [-0.15, -0.1) is 0 Å². The number of hydrogen-bond acceptors (Lipinski definition) is 2. The summed E-state index contributed by atoms with van der Waals surface area (Å²) >= 11 is 6.03. The average Bonchev–Trinajstić information content (AvgIpc) is 2.78. The fourth-order valence-corrected chi connectivity index (χ4v) is 3.78. The van der Waals surface area contributed by atoms with Gasteiger partial charge in [0.05, 0.1) is 12.0 Å². The number of carbonyl (C=O) groups is 1. The minimum Gasteiger partial charge on any atom is -0.481 e. The third kappa shape index (κ3) is 5.48. The van der Waals surface area contributed by atoms with Crippen molar-refractivity contribution in [3.05, 3.63) is 93.5 Å². The van der Waals surface area contributed by atoms with Crippen molar-refractivity contribution in [2.24, 2.45) is 5.41 Å². The molecule has 1 atom stereocenters. The first-order valence-electron chi connectivity index (χ1n) is 10.7. The molecule has 3 nitrogen and oxygen atoms in total. The van der Waals surface area contributed by atoms with Gasteiger partial charge in [0.15, 0.2) is 0 Å². The zero-order valence-corrected chi connectivity index (χ0v) is 19.5. The molecule has 0 bridgehead atoms. The number of aliphatic carboxylic acids is 1. The minimum absolute atomic E-state index is 0.371. The summed E-state index contributed by atoms with van der Waals surface area (Å²) in [5.41, 5.74) is 6.82. The second-order valence-corrected chi connectivity index (χ2v) is 9.01. The third-order valence-electron chi connectivity index (χ3n) is 6.15. The molecule has 32 heavy (non-hydrogen) atoms. The van der Waals surface area contributed by atoms with Gasteiger partial charge >= 0.3 is 5.97 Å². The molecule has 0 aromatic heterocycles. The number of aliphatic hydroxyl groups excluding tert-OH is 1. The molecule has 0 heterocycles. The van der Waals surface area contributed by atoms with Crippen molar-refractivity contribution in [3.8, 4) is 11.1 Å². The van der Waals surface area contributed by atoms with Crippen molar-refractivity contribution >= 4 is 29.7 Å². The van der Waals surface area contributed by atoms with Crippen LogP contribution >= 0.6 is 11.6 Å². The van der Waals surface area contributed by atoms with E-state index in [1.165, 1.54) is 11.1 Å². The molecule has 3 rings (SSSR count). The van der Waals surface area contributed by atoms with Crippen LogP contribution in [-0.2, 0) is 11.2 Å². The lowest BCUT2D eigenvalue weighted by Gasteiger charge is -2.21. The number of halogens is 1. The summed E-state index contributed by atoms with van der Waals surface area (Å²) in [6, 6.07) is 20.3. The van der Waals surface area contributed by atoms with E-state index in [2.05, 4.69) is 56.3 Å². The predicted octanol–water partition coefficient (Wildman–Crippen LogP) is 6.81. The summed E-state index contributed by atoms with van der Waals surface area (Å²) in [5.74, 6) is -0.969. The third-order valence-corrected chi connectivity index (χ3v) is 6.40. The first-order valence-corrected chi connectivity index (χ1v) is 11.1. The SMILES string of the molecule is Cc1ccc(CCC(C)(CO)C(=O)O)cc1/C=C/c1cccc(-c2ccc(Cl)cc2)c1C. The van der Waals surface area contributed by atoms with E-state index < -0.39 is 11.4 Å². The molecule has 0 radical (unpaired) electrons. The quantitative estimate of drug-likeness (QED) is 0.372. The predicted molar refractivity (Wildman–Crippen MR) is 133 cm³/mol. The fraction of sp³-hybridized carbons (Fsp3) is 0.250. The minimum atomic E-state index is -1.12. The van der Waals surface area contributed by atoms with Gasteiger partial charge in [-0.25, -0.2) is 0 Å². The topological polar surface area (TPSA) is 57.5 Å². The monoisotopic (exact) mass is 448 g/mol. The highest BCUT2D eigenvalue weighted by atomic mass is 35.5. The largest absolute Gasteiger partial charge is 0.481 e. The lowest BCUT2D eigenvalue weighted by atomic mass is 9.84. The Morgan fingerprint density at radius 3 is 2.34 bits per heavy atom. The summed E-state index contributed by atoms with van der Waals surface area (Å²) < 4.78 is 0. The molecule has 0 saturated carbocycles. The van der Waals surface area contributed by atoms with E-state index in [1.807, 2.05) is 30.3 Å². The van der Waals surface area contributed by atoms with Gasteiger partial charge in [-0.3, -0.25) is 4.79 Å². The number of benzene rings is 3. The van der Waals surface area contributed by atoms with Gasteiger partial charge in [0.1, 0.15) is 0 Å². The van der Waals surface area contributed by atoms with Gasteiger partial charge in [-0.1, -0.05) is 72.3 Å². The molecule has 0 amide bonds. The van der Waals surface area contributed by atoms with Crippen LogP contribution in [0, 0.1) is 19.3 Å². The lowest BCUT2D eigenvalue weighted by Crippen LogP contribution is -2.32. The molecule has 0 aliphatic heterocycles. The number of carboxylic acid groups (broad SMARTS) is 1. The summed E-state index contributed by atoms with van der Waals surface area (Å²) in [6.45, 7) is 5.40. The molecule has 1 unspecified atom stereocenters. The van der Waals surface area contributed by atoms with Crippen LogP contribution < -0.4 is 0 Å². The number of rotatable bonds is 8. The normalized spacial score (nSPS) is 13.3. The lowest BCUT2D eigenvalue weighted by molar-refractivity contribution is -0.150. The maximum Gasteiger partial charge on any atom is 0.311 e. The van der Waals surface area contributed by atoms with E-state index in [1.54, 1.807) is 6.92 Å². The smallest absolute Gasteiger partial charge is 0.311 e. The number of carboxylic acids is 1. The van der Waals surface area contributed by atoms with Gasteiger partial charge in [0, 0.05) is 5.02 Å². The van der Waals surface area contributed by atoms with Gasteiger partial charge in [0.2, 0.25) is 0 Å². The molecule has 4 heteroatoms. The Morgan fingerprint density at radius 1 is 1.00 bits per heavy atom. The molecular formula is C28H29ClO3. The maximum atomic E-state index is 11.5. The molecule has 2 N–H and O–H groups in total. The van der Waals surface area contributed by atoms with E-state index in [4.69, 9.17) is 11.6 Å². The molecule has 3 aromatic carbocycles. The maximum absolute atomic E-state index is 11.5. The van der Waals surface area contributed by atoms with Crippen molar-refractivity contribution in [2.45, 2.75) is 33.6 Å². The van der Waals surface area contributed by atoms with Gasteiger partial charge < -0.3 is 10.2 Å². The highest BCUT2D eigenvalue weighted by molar-refractivity contribution is 6.30. The molecule has 0 spiro atoms. The summed E-state index contributed by atoms with van der Waals surface area (Å²) in [4.78, 5) is 11.5. The van der Waals surface area contributed by atoms with Crippen LogP contribution in [0.2, 0.25) is 5.02 Å². The Morgan fingerprint density at radius 2 is 1.69 bits per heavy atom. The number of aliphatic hydroxyl groups is 1. The van der Waals surface area contributed by atoms with Crippen molar-refractivity contribution in [3.63, 3.8) is 0 Å². The van der Waals surface area contributed by atoms with Gasteiger partial charge in [-0.2, -0.15) is 0 Å². The molecule has 0 saturated heterocycles. The second kappa shape index (κ2) is 10.2. The standard InChI is InChI=1S/C28H29ClO3/c1-19-7-8-21(15-16-28(3,18-30)27(31)32)17-24(19)10-9-22-5-4-6-26(20(22)2)23-11-13-25(29)14-12-23/h4-14,17,30H,15-16,18H2,1-3H3,(H,31,32)/b10-9+. The van der Waals surface area contributed by atoms with Crippen molar-refractivity contribution < 1.29 is 15.0 Å². The van der Waals surface area contributed by atoms with E-state index in [0.29, 0.717) is 12.8 Å². The Balaban J connectivity index is 1.84. The number of hydrogen-bond donors (Lipinski definition) is 2. The second-order valence-electron chi connectivity index (χ2n) is 8.57. The van der Waals surface area contributed by atoms with Crippen molar-refractivity contribution in [1.29, 1.82) is 0 Å². The van der Waals surface area contributed by atoms with Crippen molar-refractivity contribution in [2.75, 3.05) is 6.61 Å². The summed E-state index contributed by atoms with van der Waals surface area (Å²) in [7, 11) is 0. The first kappa shape index (κ1) is 23.8. The Labute approximate surface area is 195 Å². The van der Waals surface area contributed by atoms with Crippen LogP contribution in [0.25, 0.3) is 23.3 Å². The van der Waals surface area contributed by atoms with Crippen LogP contribution in [0.4, 0.5) is 0 Å².